The van der Waals surface area contributed by atoms with E-state index in [0.717, 1.165) is 16.9 Å². The summed E-state index contributed by atoms with van der Waals surface area (Å²) < 4.78 is 16.6. The van der Waals surface area contributed by atoms with Crippen LogP contribution >= 0.6 is 12.2 Å². The lowest BCUT2D eigenvalue weighted by Gasteiger charge is -2.11. The Morgan fingerprint density at radius 2 is 1.88 bits per heavy atom. The third-order valence-electron chi connectivity index (χ3n) is 4.69. The first kappa shape index (κ1) is 21.3. The van der Waals surface area contributed by atoms with E-state index in [2.05, 4.69) is 15.6 Å². The molecule has 4 rings (SSSR count). The molecular weight excluding hydrogens is 426 g/mol. The number of amides is 1. The number of oxazole rings is 1. The number of hydrogen-bond donors (Lipinski definition) is 2. The number of ether oxygens (including phenoxy) is 2. The Labute approximate surface area is 190 Å². The number of aryl methyl sites for hydroxylation is 1. The van der Waals surface area contributed by atoms with Crippen molar-refractivity contribution < 1.29 is 18.7 Å². The Hall–Kier alpha value is -3.91. The molecule has 0 spiro atoms. The van der Waals surface area contributed by atoms with Gasteiger partial charge in [-0.15, -0.1) is 0 Å². The lowest BCUT2D eigenvalue weighted by molar-refractivity contribution is -0.121. The fourth-order valence-electron chi connectivity index (χ4n) is 3.05. The molecule has 1 aromatic heterocycles. The molecule has 0 saturated heterocycles. The Morgan fingerprint density at radius 3 is 2.62 bits per heavy atom. The molecule has 0 atom stereocenters. The predicted octanol–water partition coefficient (Wildman–Crippen LogP) is 4.70. The minimum Gasteiger partial charge on any atom is -0.497 e. The number of aromatic nitrogens is 1. The summed E-state index contributed by atoms with van der Waals surface area (Å²) in [5, 5.41) is 5.76. The lowest BCUT2D eigenvalue weighted by atomic mass is 10.2. The van der Waals surface area contributed by atoms with Crippen molar-refractivity contribution in [2.24, 2.45) is 0 Å². The molecule has 0 aliphatic carbocycles. The molecule has 162 valence electrons. The van der Waals surface area contributed by atoms with E-state index < -0.39 is 0 Å². The average Bonchev–Trinajstić information content (AvgIpc) is 3.22. The zero-order valence-corrected chi connectivity index (χ0v) is 18.4. The van der Waals surface area contributed by atoms with Crippen molar-refractivity contribution in [2.75, 3.05) is 19.0 Å². The number of rotatable bonds is 6. The maximum atomic E-state index is 12.1. The molecule has 8 heteroatoms. The van der Waals surface area contributed by atoms with Crippen LogP contribution in [-0.2, 0) is 4.79 Å². The van der Waals surface area contributed by atoms with Crippen molar-refractivity contribution >= 4 is 40.0 Å². The summed E-state index contributed by atoms with van der Waals surface area (Å²) in [6, 6.07) is 20.3. The molecule has 32 heavy (non-hydrogen) atoms. The minimum absolute atomic E-state index is 0.139. The highest BCUT2D eigenvalue weighted by molar-refractivity contribution is 7.80. The van der Waals surface area contributed by atoms with Gasteiger partial charge in [0.1, 0.15) is 17.0 Å². The molecule has 0 aliphatic rings. The molecule has 1 heterocycles. The van der Waals surface area contributed by atoms with Crippen LogP contribution < -0.4 is 20.1 Å². The summed E-state index contributed by atoms with van der Waals surface area (Å²) in [6.45, 7) is 1.78. The van der Waals surface area contributed by atoms with E-state index in [9.17, 15) is 4.79 Å². The van der Waals surface area contributed by atoms with Crippen molar-refractivity contribution in [1.29, 1.82) is 0 Å². The van der Waals surface area contributed by atoms with Gasteiger partial charge < -0.3 is 19.2 Å². The van der Waals surface area contributed by atoms with Crippen LogP contribution in [0.15, 0.2) is 71.1 Å². The van der Waals surface area contributed by atoms with Gasteiger partial charge in [-0.25, -0.2) is 4.98 Å². The Kier molecular flexibility index (Phi) is 6.32. The largest absolute Gasteiger partial charge is 0.497 e. The zero-order valence-electron chi connectivity index (χ0n) is 17.5. The summed E-state index contributed by atoms with van der Waals surface area (Å²) >= 11 is 5.24. The molecule has 1 amide bonds. The summed E-state index contributed by atoms with van der Waals surface area (Å²) in [4.78, 5) is 16.7. The first-order valence-electron chi connectivity index (χ1n) is 9.86. The molecule has 0 radical (unpaired) electrons. The number of nitrogens with one attached hydrogen (secondary N) is 2. The topological polar surface area (TPSA) is 85.6 Å². The van der Waals surface area contributed by atoms with Crippen molar-refractivity contribution in [3.05, 3.63) is 72.3 Å². The fraction of sp³-hybridized carbons (Fsp3) is 0.125. The minimum atomic E-state index is -0.352. The van der Waals surface area contributed by atoms with Crippen LogP contribution in [0, 0.1) is 6.92 Å². The van der Waals surface area contributed by atoms with Crippen LogP contribution in [0.1, 0.15) is 5.56 Å². The maximum absolute atomic E-state index is 12.1. The van der Waals surface area contributed by atoms with Crippen LogP contribution in [0.25, 0.3) is 22.6 Å². The van der Waals surface area contributed by atoms with Crippen molar-refractivity contribution in [3.63, 3.8) is 0 Å². The van der Waals surface area contributed by atoms with Crippen LogP contribution in [0.5, 0.6) is 11.5 Å². The van der Waals surface area contributed by atoms with E-state index in [1.165, 1.54) is 0 Å². The number of para-hydroxylation sites is 1. The van der Waals surface area contributed by atoms with Crippen molar-refractivity contribution in [1.82, 2.24) is 10.3 Å². The van der Waals surface area contributed by atoms with Gasteiger partial charge in [0.15, 0.2) is 17.3 Å². The van der Waals surface area contributed by atoms with Crippen molar-refractivity contribution in [3.8, 4) is 23.0 Å². The number of nitrogens with zero attached hydrogens (tertiary/aromatic N) is 1. The third kappa shape index (κ3) is 5.04. The Bertz CT molecular complexity index is 1270. The average molecular weight is 448 g/mol. The van der Waals surface area contributed by atoms with Gasteiger partial charge in [0.05, 0.1) is 7.11 Å². The smallest absolute Gasteiger partial charge is 0.264 e. The summed E-state index contributed by atoms with van der Waals surface area (Å²) in [5.74, 6) is 1.57. The van der Waals surface area contributed by atoms with E-state index >= 15 is 0 Å². The molecule has 0 aliphatic heterocycles. The zero-order chi connectivity index (χ0) is 22.5. The van der Waals surface area contributed by atoms with E-state index in [4.69, 9.17) is 26.1 Å². The molecule has 0 unspecified atom stereocenters. The molecule has 7 nitrogen and oxygen atoms in total. The normalized spacial score (nSPS) is 10.6. The number of anilines is 1. The second kappa shape index (κ2) is 9.49. The van der Waals surface area contributed by atoms with Gasteiger partial charge in [-0.1, -0.05) is 18.2 Å². The third-order valence-corrected chi connectivity index (χ3v) is 4.89. The number of carbonyl (C=O) groups excluding carboxylic acids is 1. The first-order chi connectivity index (χ1) is 15.5. The molecule has 0 fully saturated rings. The van der Waals surface area contributed by atoms with E-state index in [1.54, 1.807) is 25.3 Å². The van der Waals surface area contributed by atoms with Crippen LogP contribution in [0.2, 0.25) is 0 Å². The molecular formula is C24H21N3O4S. The lowest BCUT2D eigenvalue weighted by Crippen LogP contribution is -2.37. The van der Waals surface area contributed by atoms with E-state index in [-0.39, 0.29) is 17.6 Å². The van der Waals surface area contributed by atoms with Gasteiger partial charge in [0, 0.05) is 11.3 Å². The van der Waals surface area contributed by atoms with Crippen molar-refractivity contribution in [2.45, 2.75) is 6.92 Å². The highest BCUT2D eigenvalue weighted by Gasteiger charge is 2.11. The van der Waals surface area contributed by atoms with Gasteiger partial charge in [-0.3, -0.25) is 10.1 Å². The van der Waals surface area contributed by atoms with Gasteiger partial charge in [0.2, 0.25) is 5.89 Å². The summed E-state index contributed by atoms with van der Waals surface area (Å²) in [7, 11) is 1.62. The van der Waals surface area contributed by atoms with Gasteiger partial charge in [-0.05, 0) is 73.2 Å². The highest BCUT2D eigenvalue weighted by atomic mass is 32.1. The molecule has 3 aromatic carbocycles. The Balaban J connectivity index is 1.37. The van der Waals surface area contributed by atoms with Gasteiger partial charge >= 0.3 is 0 Å². The molecule has 2 N–H and O–H groups in total. The number of hydrogen-bond acceptors (Lipinski definition) is 6. The standard InChI is InChI=1S/C24H21N3O4S/c1-15-5-3-4-6-20(15)30-14-22(28)27-24(32)25-17-9-12-21-19(13-17)26-23(31-21)16-7-10-18(29-2)11-8-16/h3-13H,14H2,1-2H3,(H2,25,27,28,32). The quantitative estimate of drug-likeness (QED) is 0.414. The van der Waals surface area contributed by atoms with Crippen LogP contribution in [0.4, 0.5) is 5.69 Å². The second-order valence-corrected chi connectivity index (χ2v) is 7.39. The number of benzene rings is 3. The number of thiocarbonyl (C=S) groups is 1. The second-order valence-electron chi connectivity index (χ2n) is 6.99. The number of fused-ring (bicyclic) bond motifs is 1. The maximum Gasteiger partial charge on any atom is 0.264 e. The highest BCUT2D eigenvalue weighted by Crippen LogP contribution is 2.27. The predicted molar refractivity (Wildman–Crippen MR) is 127 cm³/mol. The summed E-state index contributed by atoms with van der Waals surface area (Å²) in [6.07, 6.45) is 0. The molecule has 0 saturated carbocycles. The number of carbonyl (C=O) groups is 1. The van der Waals surface area contributed by atoms with E-state index in [0.29, 0.717) is 28.4 Å². The van der Waals surface area contributed by atoms with E-state index in [1.807, 2.05) is 55.5 Å². The van der Waals surface area contributed by atoms with Crippen LogP contribution in [-0.4, -0.2) is 29.7 Å². The molecule has 4 aromatic rings. The van der Waals surface area contributed by atoms with Gasteiger partial charge in [0.25, 0.3) is 5.91 Å². The van der Waals surface area contributed by atoms with Gasteiger partial charge in [-0.2, -0.15) is 0 Å². The first-order valence-corrected chi connectivity index (χ1v) is 10.3. The fourth-order valence-corrected chi connectivity index (χ4v) is 3.28. The monoisotopic (exact) mass is 447 g/mol. The Morgan fingerprint density at radius 1 is 1.09 bits per heavy atom. The van der Waals surface area contributed by atoms with Crippen LogP contribution in [0.3, 0.4) is 0 Å². The summed E-state index contributed by atoms with van der Waals surface area (Å²) in [5.41, 5.74) is 3.78. The SMILES string of the molecule is COc1ccc(-c2nc3cc(NC(=S)NC(=O)COc4ccccc4C)ccc3o2)cc1. The number of methoxy groups -OCH3 is 1. The molecule has 0 bridgehead atoms.